The predicted octanol–water partition coefficient (Wildman–Crippen LogP) is 6.13. The number of ether oxygens (including phenoxy) is 1. The van der Waals surface area contributed by atoms with Crippen LogP contribution in [0.5, 0.6) is 11.5 Å². The molecule has 0 bridgehead atoms. The maximum Gasteiger partial charge on any atom is 0.244 e. The summed E-state index contributed by atoms with van der Waals surface area (Å²) < 4.78 is 32.6. The molecule has 0 saturated carbocycles. The van der Waals surface area contributed by atoms with Crippen LogP contribution in [0.4, 0.5) is 5.69 Å². The van der Waals surface area contributed by atoms with E-state index in [9.17, 15) is 18.0 Å². The number of benzene rings is 3. The summed E-state index contributed by atoms with van der Waals surface area (Å²) in [5.74, 6) is 0.412. The Kier molecular flexibility index (Phi) is 11.5. The summed E-state index contributed by atoms with van der Waals surface area (Å²) in [5.41, 5.74) is 0.738. The molecule has 2 amide bonds. The third-order valence-electron chi connectivity index (χ3n) is 6.24. The second-order valence-corrected chi connectivity index (χ2v) is 12.7. The highest BCUT2D eigenvalue weighted by Gasteiger charge is 2.32. The predicted molar refractivity (Wildman–Crippen MR) is 164 cm³/mol. The minimum atomic E-state index is -3.89. The molecule has 0 aromatic heterocycles. The van der Waals surface area contributed by atoms with E-state index in [2.05, 4.69) is 5.32 Å². The summed E-state index contributed by atoms with van der Waals surface area (Å²) in [6.45, 7) is 5.53. The largest absolute Gasteiger partial charge is 0.457 e. The van der Waals surface area contributed by atoms with Gasteiger partial charge in [-0.15, -0.1) is 0 Å². The van der Waals surface area contributed by atoms with Gasteiger partial charge in [-0.25, -0.2) is 8.42 Å². The number of nitrogens with one attached hydrogen (secondary N) is 1. The Hall–Kier alpha value is -3.27. The number of sulfonamides is 1. The van der Waals surface area contributed by atoms with E-state index in [-0.39, 0.29) is 24.1 Å². The Labute approximate surface area is 252 Å². The van der Waals surface area contributed by atoms with Crippen molar-refractivity contribution in [3.8, 4) is 11.5 Å². The fourth-order valence-electron chi connectivity index (χ4n) is 4.11. The van der Waals surface area contributed by atoms with Gasteiger partial charge in [-0.3, -0.25) is 13.9 Å². The molecule has 1 atom stereocenters. The van der Waals surface area contributed by atoms with E-state index in [1.54, 1.807) is 61.5 Å². The molecule has 3 aromatic rings. The van der Waals surface area contributed by atoms with Crippen LogP contribution in [0.3, 0.4) is 0 Å². The average molecular weight is 621 g/mol. The topological polar surface area (TPSA) is 96.0 Å². The Balaban J connectivity index is 1.92. The third-order valence-corrected chi connectivity index (χ3v) is 8.09. The summed E-state index contributed by atoms with van der Waals surface area (Å²) >= 11 is 12.8. The number of rotatable bonds is 13. The van der Waals surface area contributed by atoms with E-state index in [1.165, 1.54) is 4.90 Å². The Bertz CT molecular complexity index is 1410. The monoisotopic (exact) mass is 619 g/mol. The van der Waals surface area contributed by atoms with Crippen molar-refractivity contribution in [2.75, 3.05) is 23.7 Å². The van der Waals surface area contributed by atoms with Gasteiger partial charge in [-0.05, 0) is 60.9 Å². The first-order chi connectivity index (χ1) is 19.4. The molecule has 3 aromatic carbocycles. The third kappa shape index (κ3) is 9.11. The van der Waals surface area contributed by atoms with Crippen molar-refractivity contribution in [1.82, 2.24) is 10.2 Å². The molecule has 3 rings (SSSR count). The van der Waals surface area contributed by atoms with Crippen LogP contribution in [0, 0.1) is 5.92 Å². The van der Waals surface area contributed by atoms with Gasteiger partial charge in [0.05, 0.1) is 11.9 Å². The van der Waals surface area contributed by atoms with E-state index in [1.807, 2.05) is 32.0 Å². The highest BCUT2D eigenvalue weighted by Crippen LogP contribution is 2.29. The van der Waals surface area contributed by atoms with Gasteiger partial charge >= 0.3 is 0 Å². The summed E-state index contributed by atoms with van der Waals surface area (Å²) in [4.78, 5) is 28.4. The number of para-hydroxylation sites is 1. The van der Waals surface area contributed by atoms with Crippen molar-refractivity contribution in [3.05, 3.63) is 88.4 Å². The molecule has 0 radical (unpaired) electrons. The number of amides is 2. The first-order valence-corrected chi connectivity index (χ1v) is 15.8. The zero-order valence-corrected chi connectivity index (χ0v) is 25.8. The molecule has 0 saturated heterocycles. The van der Waals surface area contributed by atoms with E-state index < -0.39 is 28.5 Å². The maximum atomic E-state index is 13.9. The molecule has 220 valence electrons. The molecule has 0 heterocycles. The molecule has 0 aliphatic rings. The molecule has 8 nitrogen and oxygen atoms in total. The number of carbonyl (C=O) groups is 2. The fraction of sp³-hybridized carbons (Fsp3) is 0.333. The minimum absolute atomic E-state index is 0.0770. The summed E-state index contributed by atoms with van der Waals surface area (Å²) in [6.07, 6.45) is 1.32. The Morgan fingerprint density at radius 2 is 1.49 bits per heavy atom. The number of carbonyl (C=O) groups excluding carboxylic acids is 2. The normalized spacial score (nSPS) is 12.1. The highest BCUT2D eigenvalue weighted by molar-refractivity contribution is 7.92. The molecule has 0 fully saturated rings. The maximum absolute atomic E-state index is 13.9. The number of hydrogen-bond donors (Lipinski definition) is 1. The first kappa shape index (κ1) is 32.2. The zero-order chi connectivity index (χ0) is 30.2. The zero-order valence-electron chi connectivity index (χ0n) is 23.5. The number of anilines is 1. The quantitative estimate of drug-likeness (QED) is 0.248. The molecule has 1 N–H and O–H groups in total. The van der Waals surface area contributed by atoms with Crippen molar-refractivity contribution in [3.63, 3.8) is 0 Å². The molecule has 11 heteroatoms. The van der Waals surface area contributed by atoms with Crippen LogP contribution >= 0.6 is 23.2 Å². The van der Waals surface area contributed by atoms with Crippen molar-refractivity contribution in [1.29, 1.82) is 0 Å². The second-order valence-electron chi connectivity index (χ2n) is 9.96. The fourth-order valence-corrected chi connectivity index (χ4v) is 5.48. The van der Waals surface area contributed by atoms with E-state index in [4.69, 9.17) is 27.9 Å². The van der Waals surface area contributed by atoms with E-state index in [0.29, 0.717) is 40.1 Å². The molecule has 0 spiro atoms. The molecular formula is C30H35Cl2N3O5S. The molecule has 0 aliphatic carbocycles. The van der Waals surface area contributed by atoms with Crippen LogP contribution in [0.2, 0.25) is 10.0 Å². The summed E-state index contributed by atoms with van der Waals surface area (Å²) in [7, 11) is -3.89. The molecule has 0 unspecified atom stereocenters. The van der Waals surface area contributed by atoms with Crippen LogP contribution in [0.25, 0.3) is 0 Å². The van der Waals surface area contributed by atoms with Crippen molar-refractivity contribution in [2.24, 2.45) is 5.92 Å². The average Bonchev–Trinajstić information content (AvgIpc) is 2.92. The van der Waals surface area contributed by atoms with Crippen molar-refractivity contribution >= 4 is 50.7 Å². The second kappa shape index (κ2) is 14.6. The van der Waals surface area contributed by atoms with Crippen molar-refractivity contribution in [2.45, 2.75) is 39.8 Å². The summed E-state index contributed by atoms with van der Waals surface area (Å²) in [5, 5.41) is 3.55. The van der Waals surface area contributed by atoms with Crippen LogP contribution < -0.4 is 14.4 Å². The lowest BCUT2D eigenvalue weighted by atomic mass is 10.1. The lowest BCUT2D eigenvalue weighted by molar-refractivity contribution is -0.140. The van der Waals surface area contributed by atoms with Crippen LogP contribution in [-0.2, 0) is 26.2 Å². The summed E-state index contributed by atoms with van der Waals surface area (Å²) in [6, 6.07) is 19.6. The van der Waals surface area contributed by atoms with Crippen molar-refractivity contribution < 1.29 is 22.7 Å². The van der Waals surface area contributed by atoms with Gasteiger partial charge in [0.25, 0.3) is 0 Å². The lowest BCUT2D eigenvalue weighted by Crippen LogP contribution is -2.52. The number of hydrogen-bond acceptors (Lipinski definition) is 5. The Morgan fingerprint density at radius 3 is 2.02 bits per heavy atom. The minimum Gasteiger partial charge on any atom is -0.457 e. The SMILES string of the molecule is CC[C@H](C(=O)NCC(C)C)N(Cc1c(Cl)cccc1Cl)C(=O)CN(c1ccc(Oc2ccccc2)cc1)S(C)(=O)=O. The molecular weight excluding hydrogens is 585 g/mol. The highest BCUT2D eigenvalue weighted by atomic mass is 35.5. The van der Waals surface area contributed by atoms with Gasteiger partial charge in [0, 0.05) is 28.7 Å². The van der Waals surface area contributed by atoms with Crippen LogP contribution in [0.15, 0.2) is 72.8 Å². The van der Waals surface area contributed by atoms with Crippen LogP contribution in [0.1, 0.15) is 32.8 Å². The van der Waals surface area contributed by atoms with Gasteiger partial charge in [0.15, 0.2) is 0 Å². The standard InChI is InChI=1S/C30H35Cl2N3O5S/c1-5-28(30(37)33-18-21(2)3)34(19-25-26(31)12-9-13-27(25)32)29(36)20-35(41(4,38)39)22-14-16-24(17-15-22)40-23-10-7-6-8-11-23/h6-17,21,28H,5,18-20H2,1-4H3,(H,33,37)/t28-/m1/s1. The van der Waals surface area contributed by atoms with Crippen LogP contribution in [-0.4, -0.2) is 50.5 Å². The van der Waals surface area contributed by atoms with Gasteiger partial charge in [0.2, 0.25) is 21.8 Å². The van der Waals surface area contributed by atoms with Gasteiger partial charge in [-0.2, -0.15) is 0 Å². The van der Waals surface area contributed by atoms with Gasteiger partial charge in [-0.1, -0.05) is 68.2 Å². The number of halogens is 2. The molecule has 41 heavy (non-hydrogen) atoms. The van der Waals surface area contributed by atoms with E-state index >= 15 is 0 Å². The van der Waals surface area contributed by atoms with Gasteiger partial charge in [0.1, 0.15) is 24.1 Å². The molecule has 0 aliphatic heterocycles. The van der Waals surface area contributed by atoms with Gasteiger partial charge < -0.3 is 15.0 Å². The van der Waals surface area contributed by atoms with E-state index in [0.717, 1.165) is 10.6 Å². The first-order valence-electron chi connectivity index (χ1n) is 13.2. The number of nitrogens with zero attached hydrogens (tertiary/aromatic N) is 2. The Morgan fingerprint density at radius 1 is 0.902 bits per heavy atom. The smallest absolute Gasteiger partial charge is 0.244 e. The lowest BCUT2D eigenvalue weighted by Gasteiger charge is -2.33.